The molecule has 0 unspecified atom stereocenters. The van der Waals surface area contributed by atoms with Gasteiger partial charge in [-0.3, -0.25) is 10.00 Å². The third-order valence-electron chi connectivity index (χ3n) is 4.82. The maximum absolute atomic E-state index is 4.19. The monoisotopic (exact) mass is 247 g/mol. The summed E-state index contributed by atoms with van der Waals surface area (Å²) in [6.45, 7) is 4.74. The smallest absolute Gasteiger partial charge is 0.0519 e. The van der Waals surface area contributed by atoms with Crippen LogP contribution in [0.2, 0.25) is 0 Å². The second-order valence-corrected chi connectivity index (χ2v) is 6.09. The lowest BCUT2D eigenvalue weighted by atomic mass is 9.88. The SMILES string of the molecule is Cc1cn[nH]c1[C@H]1CCCN(C2CCCCC2)C1. The largest absolute Gasteiger partial charge is 0.300 e. The van der Waals surface area contributed by atoms with E-state index in [-0.39, 0.29) is 0 Å². The number of nitrogens with one attached hydrogen (secondary N) is 1. The number of aromatic amines is 1. The lowest BCUT2D eigenvalue weighted by Gasteiger charge is -2.40. The van der Waals surface area contributed by atoms with Gasteiger partial charge in [0.2, 0.25) is 0 Å². The Balaban J connectivity index is 1.66. The minimum atomic E-state index is 0.683. The molecule has 0 aromatic carbocycles. The van der Waals surface area contributed by atoms with E-state index in [1.807, 2.05) is 6.20 Å². The molecule has 1 N–H and O–H groups in total. The number of aromatic nitrogens is 2. The quantitative estimate of drug-likeness (QED) is 0.870. The zero-order valence-electron chi connectivity index (χ0n) is 11.5. The van der Waals surface area contributed by atoms with Crippen LogP contribution in [0.4, 0.5) is 0 Å². The second kappa shape index (κ2) is 5.43. The standard InChI is InChI=1S/C15H25N3/c1-12-10-16-17-15(12)13-6-5-9-18(11-13)14-7-3-2-4-8-14/h10,13-14H,2-9,11H2,1H3,(H,16,17)/t13-/m0/s1. The maximum Gasteiger partial charge on any atom is 0.0519 e. The first kappa shape index (κ1) is 12.2. The Morgan fingerprint density at radius 1 is 1.17 bits per heavy atom. The van der Waals surface area contributed by atoms with Crippen molar-refractivity contribution in [1.82, 2.24) is 15.1 Å². The third-order valence-corrected chi connectivity index (χ3v) is 4.82. The maximum atomic E-state index is 4.19. The van der Waals surface area contributed by atoms with Gasteiger partial charge in [0.05, 0.1) is 6.20 Å². The van der Waals surface area contributed by atoms with Crippen molar-refractivity contribution in [2.24, 2.45) is 0 Å². The lowest BCUT2D eigenvalue weighted by Crippen LogP contribution is -2.43. The number of H-pyrrole nitrogens is 1. The molecule has 100 valence electrons. The first-order valence-corrected chi connectivity index (χ1v) is 7.58. The highest BCUT2D eigenvalue weighted by Gasteiger charge is 2.28. The van der Waals surface area contributed by atoms with E-state index in [1.165, 1.54) is 69.3 Å². The Labute approximate surface area is 110 Å². The van der Waals surface area contributed by atoms with E-state index in [0.29, 0.717) is 5.92 Å². The highest BCUT2D eigenvalue weighted by Crippen LogP contribution is 2.31. The molecule has 0 radical (unpaired) electrons. The van der Waals surface area contributed by atoms with E-state index in [4.69, 9.17) is 0 Å². The molecule has 1 aromatic heterocycles. The van der Waals surface area contributed by atoms with Crippen LogP contribution >= 0.6 is 0 Å². The first-order chi connectivity index (χ1) is 8.84. The number of hydrogen-bond donors (Lipinski definition) is 1. The molecule has 0 spiro atoms. The molecule has 3 heteroatoms. The summed E-state index contributed by atoms with van der Waals surface area (Å²) in [6, 6.07) is 0.866. The number of hydrogen-bond acceptors (Lipinski definition) is 2. The number of aryl methyl sites for hydroxylation is 1. The van der Waals surface area contributed by atoms with Gasteiger partial charge >= 0.3 is 0 Å². The molecule has 1 saturated carbocycles. The van der Waals surface area contributed by atoms with Crippen molar-refractivity contribution in [1.29, 1.82) is 0 Å². The molecule has 18 heavy (non-hydrogen) atoms. The summed E-state index contributed by atoms with van der Waals surface area (Å²) in [7, 11) is 0. The van der Waals surface area contributed by atoms with E-state index in [9.17, 15) is 0 Å². The fourth-order valence-corrected chi connectivity index (χ4v) is 3.79. The number of piperidine rings is 1. The van der Waals surface area contributed by atoms with Crippen LogP contribution in [0, 0.1) is 6.92 Å². The van der Waals surface area contributed by atoms with Crippen LogP contribution < -0.4 is 0 Å². The lowest BCUT2D eigenvalue weighted by molar-refractivity contribution is 0.117. The molecule has 0 bridgehead atoms. The average molecular weight is 247 g/mol. The van der Waals surface area contributed by atoms with Crippen molar-refractivity contribution < 1.29 is 0 Å². The van der Waals surface area contributed by atoms with Crippen LogP contribution in [0.5, 0.6) is 0 Å². The Hall–Kier alpha value is -0.830. The van der Waals surface area contributed by atoms with Gasteiger partial charge < -0.3 is 0 Å². The fraction of sp³-hybridized carbons (Fsp3) is 0.800. The molecule has 3 nitrogen and oxygen atoms in total. The van der Waals surface area contributed by atoms with Gasteiger partial charge in [-0.05, 0) is 44.7 Å². The zero-order chi connectivity index (χ0) is 12.4. The van der Waals surface area contributed by atoms with Gasteiger partial charge in [-0.2, -0.15) is 5.10 Å². The molecule has 2 aliphatic rings. The van der Waals surface area contributed by atoms with Crippen molar-refractivity contribution in [3.05, 3.63) is 17.5 Å². The molecule has 1 atom stereocenters. The van der Waals surface area contributed by atoms with Crippen LogP contribution in [0.15, 0.2) is 6.20 Å². The summed E-state index contributed by atoms with van der Waals surface area (Å²) in [5.41, 5.74) is 2.72. The van der Waals surface area contributed by atoms with Crippen LogP contribution in [-0.4, -0.2) is 34.2 Å². The molecular weight excluding hydrogens is 222 g/mol. The minimum absolute atomic E-state index is 0.683. The number of rotatable bonds is 2. The van der Waals surface area contributed by atoms with E-state index >= 15 is 0 Å². The van der Waals surface area contributed by atoms with Gasteiger partial charge in [0.1, 0.15) is 0 Å². The van der Waals surface area contributed by atoms with Crippen LogP contribution in [0.3, 0.4) is 0 Å². The molecule has 1 aliphatic heterocycles. The van der Waals surface area contributed by atoms with Crippen LogP contribution in [0.1, 0.15) is 62.1 Å². The first-order valence-electron chi connectivity index (χ1n) is 7.58. The molecule has 0 amide bonds. The molecule has 2 fully saturated rings. The summed E-state index contributed by atoms with van der Waals surface area (Å²) in [4.78, 5) is 2.76. The van der Waals surface area contributed by atoms with Gasteiger partial charge in [-0.1, -0.05) is 19.3 Å². The third kappa shape index (κ3) is 2.46. The molecule has 1 aliphatic carbocycles. The average Bonchev–Trinajstić information content (AvgIpc) is 2.86. The van der Waals surface area contributed by atoms with Crippen molar-refractivity contribution in [2.45, 2.75) is 63.8 Å². The van der Waals surface area contributed by atoms with Gasteiger partial charge in [-0.15, -0.1) is 0 Å². The predicted octanol–water partition coefficient (Wildman–Crippen LogP) is 3.23. The molecular formula is C15H25N3. The summed E-state index contributed by atoms with van der Waals surface area (Å²) >= 11 is 0. The summed E-state index contributed by atoms with van der Waals surface area (Å²) < 4.78 is 0. The Bertz CT molecular complexity index is 379. The van der Waals surface area contributed by atoms with Crippen molar-refractivity contribution in [3.63, 3.8) is 0 Å². The molecule has 3 rings (SSSR count). The van der Waals surface area contributed by atoms with Crippen LogP contribution in [-0.2, 0) is 0 Å². The number of nitrogens with zero attached hydrogens (tertiary/aromatic N) is 2. The Kier molecular flexibility index (Phi) is 3.69. The van der Waals surface area contributed by atoms with Gasteiger partial charge in [-0.25, -0.2) is 0 Å². The normalized spacial score (nSPS) is 27.5. The molecule has 1 saturated heterocycles. The topological polar surface area (TPSA) is 31.9 Å². The van der Waals surface area contributed by atoms with Crippen molar-refractivity contribution >= 4 is 0 Å². The molecule has 2 heterocycles. The van der Waals surface area contributed by atoms with Gasteiger partial charge in [0.15, 0.2) is 0 Å². The molecule has 1 aromatic rings. The van der Waals surface area contributed by atoms with Crippen molar-refractivity contribution in [2.75, 3.05) is 13.1 Å². The zero-order valence-corrected chi connectivity index (χ0v) is 11.5. The summed E-state index contributed by atoms with van der Waals surface area (Å²) in [5.74, 6) is 0.683. The predicted molar refractivity (Wildman–Crippen MR) is 73.7 cm³/mol. The van der Waals surface area contributed by atoms with Gasteiger partial charge in [0.25, 0.3) is 0 Å². The summed E-state index contributed by atoms with van der Waals surface area (Å²) in [6.07, 6.45) is 11.8. The Morgan fingerprint density at radius 3 is 2.72 bits per heavy atom. The second-order valence-electron chi connectivity index (χ2n) is 6.09. The fourth-order valence-electron chi connectivity index (χ4n) is 3.79. The summed E-state index contributed by atoms with van der Waals surface area (Å²) in [5, 5.41) is 7.41. The highest BCUT2D eigenvalue weighted by molar-refractivity contribution is 5.19. The van der Waals surface area contributed by atoms with E-state index in [1.54, 1.807) is 0 Å². The van der Waals surface area contributed by atoms with Crippen LogP contribution in [0.25, 0.3) is 0 Å². The van der Waals surface area contributed by atoms with Gasteiger partial charge in [0, 0.05) is 24.2 Å². The van der Waals surface area contributed by atoms with Crippen molar-refractivity contribution in [3.8, 4) is 0 Å². The number of likely N-dealkylation sites (tertiary alicyclic amines) is 1. The Morgan fingerprint density at radius 2 is 2.00 bits per heavy atom. The minimum Gasteiger partial charge on any atom is -0.300 e. The highest BCUT2D eigenvalue weighted by atomic mass is 15.2. The van der Waals surface area contributed by atoms with E-state index in [2.05, 4.69) is 22.0 Å². The van der Waals surface area contributed by atoms with E-state index in [0.717, 1.165) is 6.04 Å². The van der Waals surface area contributed by atoms with E-state index < -0.39 is 0 Å².